The molecule has 0 aliphatic carbocycles. The van der Waals surface area contributed by atoms with E-state index in [0.717, 1.165) is 17.6 Å². The van der Waals surface area contributed by atoms with Crippen LogP contribution in [0, 0.1) is 0 Å². The molecule has 0 N–H and O–H groups in total. The molecule has 0 amide bonds. The van der Waals surface area contributed by atoms with Crippen molar-refractivity contribution < 1.29 is 0 Å². The third-order valence-corrected chi connectivity index (χ3v) is 5.67. The van der Waals surface area contributed by atoms with Crippen molar-refractivity contribution in [2.45, 2.75) is 19.4 Å². The van der Waals surface area contributed by atoms with Crippen LogP contribution in [0.2, 0.25) is 0 Å². The van der Waals surface area contributed by atoms with Gasteiger partial charge in [-0.3, -0.25) is 14.4 Å². The summed E-state index contributed by atoms with van der Waals surface area (Å²) in [6, 6.07) is 20.6. The highest BCUT2D eigenvalue weighted by molar-refractivity contribution is 7.67. The molecule has 0 unspecified atom stereocenters. The van der Waals surface area contributed by atoms with Crippen molar-refractivity contribution in [2.24, 2.45) is 4.99 Å². The van der Waals surface area contributed by atoms with Gasteiger partial charge in [0.15, 0.2) is 4.80 Å². The highest BCUT2D eigenvalue weighted by Crippen LogP contribution is 2.02. The Morgan fingerprint density at radius 1 is 0.826 bits per heavy atom. The summed E-state index contributed by atoms with van der Waals surface area (Å²) in [5.41, 5.74) is 2.51. The summed E-state index contributed by atoms with van der Waals surface area (Å²) in [6.45, 7) is 1.40. The quantitative estimate of drug-likeness (QED) is 0.633. The first-order chi connectivity index (χ1) is 11.3. The molecule has 3 rings (SSSR count). The lowest BCUT2D eigenvalue weighted by Gasteiger charge is -2.02. The van der Waals surface area contributed by atoms with E-state index in [9.17, 15) is 4.79 Å². The van der Waals surface area contributed by atoms with Gasteiger partial charge in [-0.2, -0.15) is 0 Å². The molecular weight excluding hydrogens is 324 g/mol. The largest absolute Gasteiger partial charge is 0.319 e. The van der Waals surface area contributed by atoms with E-state index < -0.39 is 0 Å². The summed E-state index contributed by atoms with van der Waals surface area (Å²) >= 11 is 0. The zero-order valence-electron chi connectivity index (χ0n) is 12.7. The Hall–Kier alpha value is -1.98. The fourth-order valence-electron chi connectivity index (χ4n) is 2.35. The standard InChI is InChI=1S/C18H18N2OS2/c21-18-20(14-12-16-9-5-2-6-10-16)17(22-23-18)19-13-11-15-7-3-1-4-8-15/h1-10H,11-14H2. The summed E-state index contributed by atoms with van der Waals surface area (Å²) in [5.74, 6) is 0. The van der Waals surface area contributed by atoms with Gasteiger partial charge in [-0.1, -0.05) is 60.7 Å². The van der Waals surface area contributed by atoms with E-state index in [1.807, 2.05) is 36.4 Å². The molecule has 0 aliphatic heterocycles. The highest BCUT2D eigenvalue weighted by atomic mass is 32.9. The average molecular weight is 342 g/mol. The summed E-state index contributed by atoms with van der Waals surface area (Å²) in [5, 5.41) is 0. The van der Waals surface area contributed by atoms with Crippen LogP contribution in [0.4, 0.5) is 0 Å². The van der Waals surface area contributed by atoms with E-state index in [2.05, 4.69) is 29.3 Å². The maximum Gasteiger partial charge on any atom is 0.319 e. The number of aryl methyl sites for hydroxylation is 1. The Morgan fingerprint density at radius 3 is 2.09 bits per heavy atom. The first kappa shape index (κ1) is 15.9. The second kappa shape index (κ2) is 8.04. The molecule has 0 spiro atoms. The number of hydrogen-bond acceptors (Lipinski definition) is 4. The topological polar surface area (TPSA) is 34.4 Å². The zero-order valence-corrected chi connectivity index (χ0v) is 14.4. The maximum atomic E-state index is 12.0. The normalized spacial score (nSPS) is 11.7. The molecule has 0 aliphatic rings. The van der Waals surface area contributed by atoms with Gasteiger partial charge >= 0.3 is 4.87 Å². The molecule has 5 heteroatoms. The van der Waals surface area contributed by atoms with Crippen molar-refractivity contribution in [3.05, 3.63) is 86.3 Å². The van der Waals surface area contributed by atoms with Gasteiger partial charge in [0, 0.05) is 13.1 Å². The molecule has 1 heterocycles. The van der Waals surface area contributed by atoms with Gasteiger partial charge in [-0.15, -0.1) is 0 Å². The molecule has 118 valence electrons. The first-order valence-corrected chi connectivity index (χ1v) is 9.76. The molecule has 0 bridgehead atoms. The molecular formula is C18H18N2OS2. The van der Waals surface area contributed by atoms with Crippen LogP contribution < -0.4 is 9.67 Å². The third-order valence-electron chi connectivity index (χ3n) is 3.60. The number of aromatic nitrogens is 1. The molecule has 0 saturated carbocycles. The number of benzene rings is 2. The van der Waals surface area contributed by atoms with Crippen molar-refractivity contribution in [1.29, 1.82) is 0 Å². The third kappa shape index (κ3) is 4.50. The van der Waals surface area contributed by atoms with Crippen LogP contribution in [0.15, 0.2) is 70.5 Å². The lowest BCUT2D eigenvalue weighted by atomic mass is 10.1. The predicted octanol–water partition coefficient (Wildman–Crippen LogP) is 3.36. The van der Waals surface area contributed by atoms with Gasteiger partial charge in [0.2, 0.25) is 0 Å². The van der Waals surface area contributed by atoms with Gasteiger partial charge in [0.1, 0.15) is 0 Å². The van der Waals surface area contributed by atoms with Gasteiger partial charge < -0.3 is 0 Å². The van der Waals surface area contributed by atoms with Crippen molar-refractivity contribution in [1.82, 2.24) is 4.57 Å². The lowest BCUT2D eigenvalue weighted by molar-refractivity contribution is 0.655. The van der Waals surface area contributed by atoms with E-state index in [1.54, 1.807) is 4.57 Å². The maximum absolute atomic E-state index is 12.0. The van der Waals surface area contributed by atoms with E-state index >= 15 is 0 Å². The number of rotatable bonds is 6. The van der Waals surface area contributed by atoms with Crippen molar-refractivity contribution >= 4 is 20.7 Å². The number of hydrogen-bond donors (Lipinski definition) is 0. The highest BCUT2D eigenvalue weighted by Gasteiger charge is 2.03. The van der Waals surface area contributed by atoms with Gasteiger partial charge in [-0.05, 0) is 44.6 Å². The van der Waals surface area contributed by atoms with Gasteiger partial charge in [0.05, 0.1) is 0 Å². The fraction of sp³-hybridized carbons (Fsp3) is 0.222. The van der Waals surface area contributed by atoms with Crippen molar-refractivity contribution in [3.8, 4) is 0 Å². The molecule has 0 radical (unpaired) electrons. The lowest BCUT2D eigenvalue weighted by Crippen LogP contribution is -2.26. The Morgan fingerprint density at radius 2 is 1.43 bits per heavy atom. The van der Waals surface area contributed by atoms with Crippen LogP contribution in [-0.2, 0) is 19.4 Å². The van der Waals surface area contributed by atoms with Crippen LogP contribution in [0.1, 0.15) is 11.1 Å². The Labute approximate surface area is 142 Å². The second-order valence-electron chi connectivity index (χ2n) is 5.22. The Balaban J connectivity index is 1.68. The summed E-state index contributed by atoms with van der Waals surface area (Å²) in [4.78, 5) is 17.6. The van der Waals surface area contributed by atoms with Gasteiger partial charge in [0.25, 0.3) is 0 Å². The van der Waals surface area contributed by atoms with Crippen LogP contribution in [0.3, 0.4) is 0 Å². The molecule has 0 saturated heterocycles. The Bertz CT molecular complexity index is 848. The molecule has 0 fully saturated rings. The molecule has 2 aromatic carbocycles. The summed E-state index contributed by atoms with van der Waals surface area (Å²) < 4.78 is 1.80. The Kier molecular flexibility index (Phi) is 5.56. The van der Waals surface area contributed by atoms with E-state index in [1.165, 1.54) is 31.8 Å². The monoisotopic (exact) mass is 342 g/mol. The minimum absolute atomic E-state index is 0.0874. The van der Waals surface area contributed by atoms with Crippen LogP contribution >= 0.6 is 20.7 Å². The zero-order chi connectivity index (χ0) is 15.9. The molecule has 23 heavy (non-hydrogen) atoms. The second-order valence-corrected chi connectivity index (χ2v) is 7.27. The smallest absolute Gasteiger partial charge is 0.274 e. The van der Waals surface area contributed by atoms with E-state index in [4.69, 9.17) is 0 Å². The number of nitrogens with zero attached hydrogens (tertiary/aromatic N) is 2. The van der Waals surface area contributed by atoms with Crippen LogP contribution in [-0.4, -0.2) is 11.1 Å². The predicted molar refractivity (Wildman–Crippen MR) is 97.2 cm³/mol. The minimum Gasteiger partial charge on any atom is -0.274 e. The average Bonchev–Trinajstić information content (AvgIpc) is 2.95. The minimum atomic E-state index is 0.0874. The molecule has 3 nitrogen and oxygen atoms in total. The van der Waals surface area contributed by atoms with Crippen LogP contribution in [0.25, 0.3) is 0 Å². The molecule has 0 atom stereocenters. The molecule has 1 aromatic heterocycles. The SMILES string of the molecule is O=c1ssc(=NCCc2ccccc2)n1CCc1ccccc1. The molecule has 3 aromatic rings. The van der Waals surface area contributed by atoms with Gasteiger partial charge in [-0.25, -0.2) is 0 Å². The van der Waals surface area contributed by atoms with Crippen molar-refractivity contribution in [3.63, 3.8) is 0 Å². The first-order valence-electron chi connectivity index (χ1n) is 7.61. The fourth-order valence-corrected chi connectivity index (χ4v) is 4.37. The van der Waals surface area contributed by atoms with E-state index in [0.29, 0.717) is 13.1 Å². The van der Waals surface area contributed by atoms with E-state index in [-0.39, 0.29) is 4.87 Å². The summed E-state index contributed by atoms with van der Waals surface area (Å²) in [6.07, 6.45) is 1.75. The van der Waals surface area contributed by atoms with Crippen molar-refractivity contribution in [2.75, 3.05) is 6.54 Å². The summed E-state index contributed by atoms with van der Waals surface area (Å²) in [7, 11) is 2.74. The van der Waals surface area contributed by atoms with Crippen LogP contribution in [0.5, 0.6) is 0 Å².